The molecule has 0 radical (unpaired) electrons. The zero-order valence-corrected chi connectivity index (χ0v) is 13.0. The molecule has 1 aliphatic heterocycles. The highest BCUT2D eigenvalue weighted by Crippen LogP contribution is 2.20. The Morgan fingerprint density at radius 3 is 2.74 bits per heavy atom. The van der Waals surface area contributed by atoms with E-state index in [0.29, 0.717) is 17.9 Å². The Morgan fingerprint density at radius 1 is 1.35 bits per heavy atom. The molecule has 7 heteroatoms. The minimum absolute atomic E-state index is 0.181. The van der Waals surface area contributed by atoms with Crippen LogP contribution in [-0.2, 0) is 11.8 Å². The molecule has 0 spiro atoms. The Kier molecular flexibility index (Phi) is 4.01. The molecule has 0 saturated carbocycles. The number of ether oxygens (including phenoxy) is 1. The standard InChI is InChI=1S/C16H18N4O3/c1-11-3-5-12(6-4-11)15(21)17-9-13-10-20(16(22)23-13)14-7-8-18-19(14)2/h3-8,13H,9-10H2,1-2H3,(H,17,21). The number of carbonyl (C=O) groups excluding carboxylic acids is 2. The average Bonchev–Trinajstić information content (AvgIpc) is 3.11. The van der Waals surface area contributed by atoms with Crippen molar-refractivity contribution in [3.05, 3.63) is 47.7 Å². The molecule has 2 aromatic rings. The lowest BCUT2D eigenvalue weighted by Crippen LogP contribution is -2.34. The molecular formula is C16H18N4O3. The summed E-state index contributed by atoms with van der Waals surface area (Å²) in [6, 6.07) is 9.05. The largest absolute Gasteiger partial charge is 0.442 e. The molecule has 1 saturated heterocycles. The molecule has 1 N–H and O–H groups in total. The maximum absolute atomic E-state index is 12.1. The summed E-state index contributed by atoms with van der Waals surface area (Å²) in [6.45, 7) is 2.62. The number of rotatable bonds is 4. The summed E-state index contributed by atoms with van der Waals surface area (Å²) in [4.78, 5) is 25.5. The van der Waals surface area contributed by atoms with Crippen LogP contribution in [0.4, 0.5) is 10.6 Å². The first-order valence-electron chi connectivity index (χ1n) is 7.35. The first-order chi connectivity index (χ1) is 11.0. The molecule has 1 atom stereocenters. The van der Waals surface area contributed by atoms with Crippen LogP contribution in [0, 0.1) is 6.92 Å². The monoisotopic (exact) mass is 314 g/mol. The highest BCUT2D eigenvalue weighted by molar-refractivity contribution is 5.94. The fourth-order valence-corrected chi connectivity index (χ4v) is 2.46. The van der Waals surface area contributed by atoms with Gasteiger partial charge in [0.1, 0.15) is 11.9 Å². The van der Waals surface area contributed by atoms with Gasteiger partial charge in [-0.25, -0.2) is 4.79 Å². The van der Waals surface area contributed by atoms with Gasteiger partial charge >= 0.3 is 6.09 Å². The van der Waals surface area contributed by atoms with Crippen LogP contribution in [0.2, 0.25) is 0 Å². The third-order valence-corrected chi connectivity index (χ3v) is 3.75. The summed E-state index contributed by atoms with van der Waals surface area (Å²) in [7, 11) is 1.76. The van der Waals surface area contributed by atoms with Gasteiger partial charge < -0.3 is 10.1 Å². The molecular weight excluding hydrogens is 296 g/mol. The Labute approximate surface area is 133 Å². The van der Waals surface area contributed by atoms with Crippen molar-refractivity contribution in [1.82, 2.24) is 15.1 Å². The van der Waals surface area contributed by atoms with Gasteiger partial charge in [0, 0.05) is 18.7 Å². The van der Waals surface area contributed by atoms with Crippen LogP contribution in [0.5, 0.6) is 0 Å². The first-order valence-corrected chi connectivity index (χ1v) is 7.35. The summed E-state index contributed by atoms with van der Waals surface area (Å²) in [5.74, 6) is 0.488. The van der Waals surface area contributed by atoms with Gasteiger partial charge in [-0.05, 0) is 19.1 Å². The van der Waals surface area contributed by atoms with Crippen LogP contribution in [0.3, 0.4) is 0 Å². The van der Waals surface area contributed by atoms with E-state index in [1.54, 1.807) is 36.1 Å². The van der Waals surface area contributed by atoms with Gasteiger partial charge in [0.05, 0.1) is 19.3 Å². The van der Waals surface area contributed by atoms with E-state index in [1.165, 1.54) is 4.90 Å². The SMILES string of the molecule is Cc1ccc(C(=O)NCC2CN(c3ccnn3C)C(=O)O2)cc1. The molecule has 120 valence electrons. The second-order valence-electron chi connectivity index (χ2n) is 5.51. The van der Waals surface area contributed by atoms with Crippen LogP contribution in [0.15, 0.2) is 36.5 Å². The Bertz CT molecular complexity index is 723. The molecule has 0 bridgehead atoms. The number of nitrogens with zero attached hydrogens (tertiary/aromatic N) is 3. The molecule has 1 aromatic heterocycles. The van der Waals surface area contributed by atoms with Gasteiger partial charge in [-0.1, -0.05) is 17.7 Å². The third kappa shape index (κ3) is 3.18. The van der Waals surface area contributed by atoms with Crippen molar-refractivity contribution in [3.63, 3.8) is 0 Å². The smallest absolute Gasteiger partial charge is 0.416 e. The lowest BCUT2D eigenvalue weighted by atomic mass is 10.1. The van der Waals surface area contributed by atoms with Crippen LogP contribution >= 0.6 is 0 Å². The number of nitrogens with one attached hydrogen (secondary N) is 1. The van der Waals surface area contributed by atoms with Gasteiger partial charge in [-0.15, -0.1) is 0 Å². The predicted molar refractivity (Wildman–Crippen MR) is 84.3 cm³/mol. The number of anilines is 1. The summed E-state index contributed by atoms with van der Waals surface area (Å²) in [5, 5.41) is 6.84. The third-order valence-electron chi connectivity index (χ3n) is 3.75. The van der Waals surface area contributed by atoms with Crippen LogP contribution in [-0.4, -0.2) is 41.0 Å². The zero-order valence-electron chi connectivity index (χ0n) is 13.0. The molecule has 23 heavy (non-hydrogen) atoms. The number of benzene rings is 1. The van der Waals surface area contributed by atoms with Crippen LogP contribution < -0.4 is 10.2 Å². The lowest BCUT2D eigenvalue weighted by Gasteiger charge is -2.12. The lowest BCUT2D eigenvalue weighted by molar-refractivity contribution is 0.0916. The maximum atomic E-state index is 12.1. The Morgan fingerprint density at radius 2 is 2.09 bits per heavy atom. The van der Waals surface area contributed by atoms with Gasteiger partial charge in [0.15, 0.2) is 0 Å². The minimum atomic E-state index is -0.428. The second-order valence-corrected chi connectivity index (χ2v) is 5.51. The summed E-state index contributed by atoms with van der Waals surface area (Å²) >= 11 is 0. The summed E-state index contributed by atoms with van der Waals surface area (Å²) in [5.41, 5.74) is 1.68. The van der Waals surface area contributed by atoms with E-state index >= 15 is 0 Å². The zero-order chi connectivity index (χ0) is 16.4. The van der Waals surface area contributed by atoms with Crippen LogP contribution in [0.1, 0.15) is 15.9 Å². The van der Waals surface area contributed by atoms with Gasteiger partial charge in [-0.2, -0.15) is 5.10 Å². The minimum Gasteiger partial charge on any atom is -0.442 e. The van der Waals surface area contributed by atoms with Crippen molar-refractivity contribution in [2.24, 2.45) is 7.05 Å². The Hall–Kier alpha value is -2.83. The number of cyclic esters (lactones) is 1. The number of hydrogen-bond acceptors (Lipinski definition) is 4. The molecule has 1 unspecified atom stereocenters. The molecule has 2 heterocycles. The quantitative estimate of drug-likeness (QED) is 0.927. The molecule has 7 nitrogen and oxygen atoms in total. The van der Waals surface area contributed by atoms with Crippen LogP contribution in [0.25, 0.3) is 0 Å². The molecule has 3 rings (SSSR count). The molecule has 1 aliphatic rings. The highest BCUT2D eigenvalue weighted by Gasteiger charge is 2.33. The fourth-order valence-electron chi connectivity index (χ4n) is 2.46. The van der Waals surface area contributed by atoms with E-state index < -0.39 is 6.09 Å². The normalized spacial score (nSPS) is 17.2. The van der Waals surface area contributed by atoms with E-state index in [4.69, 9.17) is 4.74 Å². The number of hydrogen-bond donors (Lipinski definition) is 1. The molecule has 0 aliphatic carbocycles. The van der Waals surface area contributed by atoms with E-state index in [0.717, 1.165) is 5.56 Å². The van der Waals surface area contributed by atoms with Crippen molar-refractivity contribution in [2.75, 3.05) is 18.0 Å². The van der Waals surface area contributed by atoms with E-state index in [-0.39, 0.29) is 18.6 Å². The predicted octanol–water partition coefficient (Wildman–Crippen LogP) is 1.48. The number of amides is 2. The van der Waals surface area contributed by atoms with Crippen molar-refractivity contribution >= 4 is 17.8 Å². The number of aryl methyl sites for hydroxylation is 2. The first kappa shape index (κ1) is 15.1. The van der Waals surface area contributed by atoms with Gasteiger partial charge in [-0.3, -0.25) is 14.4 Å². The van der Waals surface area contributed by atoms with Crippen molar-refractivity contribution in [1.29, 1.82) is 0 Å². The van der Waals surface area contributed by atoms with E-state index in [1.807, 2.05) is 19.1 Å². The van der Waals surface area contributed by atoms with Crippen molar-refractivity contribution < 1.29 is 14.3 Å². The summed E-state index contributed by atoms with van der Waals surface area (Å²) < 4.78 is 6.89. The van der Waals surface area contributed by atoms with Gasteiger partial charge in [0.2, 0.25) is 0 Å². The number of carbonyl (C=O) groups is 2. The topological polar surface area (TPSA) is 76.5 Å². The molecule has 2 amide bonds. The molecule has 1 fully saturated rings. The van der Waals surface area contributed by atoms with E-state index in [9.17, 15) is 9.59 Å². The fraction of sp³-hybridized carbons (Fsp3) is 0.312. The maximum Gasteiger partial charge on any atom is 0.416 e. The van der Waals surface area contributed by atoms with Gasteiger partial charge in [0.25, 0.3) is 5.91 Å². The summed E-state index contributed by atoms with van der Waals surface area (Å²) in [6.07, 6.45) is 0.810. The average molecular weight is 314 g/mol. The van der Waals surface area contributed by atoms with Crippen molar-refractivity contribution in [2.45, 2.75) is 13.0 Å². The van der Waals surface area contributed by atoms with Crippen molar-refractivity contribution in [3.8, 4) is 0 Å². The Balaban J connectivity index is 1.57. The number of aromatic nitrogens is 2. The highest BCUT2D eigenvalue weighted by atomic mass is 16.6. The molecule has 1 aromatic carbocycles. The second kappa shape index (κ2) is 6.12. The van der Waals surface area contributed by atoms with E-state index in [2.05, 4.69) is 10.4 Å².